The van der Waals surface area contributed by atoms with E-state index in [2.05, 4.69) is 20.6 Å². The van der Waals surface area contributed by atoms with Crippen molar-refractivity contribution in [1.82, 2.24) is 15.3 Å². The zero-order valence-electron chi connectivity index (χ0n) is 12.5. The van der Waals surface area contributed by atoms with E-state index in [1.54, 1.807) is 12.3 Å². The van der Waals surface area contributed by atoms with Crippen molar-refractivity contribution in [2.75, 3.05) is 5.32 Å². The third kappa shape index (κ3) is 2.99. The molecule has 0 aliphatic heterocycles. The van der Waals surface area contributed by atoms with Crippen LogP contribution in [0.1, 0.15) is 12.8 Å². The summed E-state index contributed by atoms with van der Waals surface area (Å²) in [5.74, 6) is 0. The van der Waals surface area contributed by atoms with Crippen molar-refractivity contribution in [3.8, 4) is 11.1 Å². The Labute approximate surface area is 133 Å². The summed E-state index contributed by atoms with van der Waals surface area (Å²) < 4.78 is 0. The molecule has 1 aliphatic carbocycles. The standard InChI is InChI=1S/C18H16N4O/c23-18(21-14-6-7-14)22-15-8-9-19-16-10-13(11-20-17(15)16)12-4-2-1-3-5-12/h1-5,8-11,14H,6-7H2,(H2,19,21,22,23). The molecule has 1 saturated carbocycles. The van der Waals surface area contributed by atoms with Gasteiger partial charge in [0.2, 0.25) is 0 Å². The maximum absolute atomic E-state index is 11.9. The van der Waals surface area contributed by atoms with E-state index in [1.807, 2.05) is 42.6 Å². The Bertz CT molecular complexity index is 859. The van der Waals surface area contributed by atoms with Gasteiger partial charge in [-0.25, -0.2) is 4.79 Å². The van der Waals surface area contributed by atoms with E-state index in [4.69, 9.17) is 0 Å². The van der Waals surface area contributed by atoms with Gasteiger partial charge in [-0.3, -0.25) is 9.97 Å². The minimum absolute atomic E-state index is 0.186. The first kappa shape index (κ1) is 13.7. The molecule has 0 spiro atoms. The maximum atomic E-state index is 11.9. The van der Waals surface area contributed by atoms with Crippen LogP contribution < -0.4 is 10.6 Å². The summed E-state index contributed by atoms with van der Waals surface area (Å²) in [4.78, 5) is 20.8. The molecule has 0 atom stereocenters. The summed E-state index contributed by atoms with van der Waals surface area (Å²) in [6, 6.07) is 13.9. The largest absolute Gasteiger partial charge is 0.335 e. The van der Waals surface area contributed by atoms with E-state index in [-0.39, 0.29) is 6.03 Å². The number of benzene rings is 1. The highest BCUT2D eigenvalue weighted by molar-refractivity contribution is 5.99. The van der Waals surface area contributed by atoms with Gasteiger partial charge in [0.1, 0.15) is 5.52 Å². The van der Waals surface area contributed by atoms with E-state index in [0.717, 1.165) is 29.5 Å². The fourth-order valence-electron chi connectivity index (χ4n) is 2.49. The monoisotopic (exact) mass is 304 g/mol. The van der Waals surface area contributed by atoms with Crippen LogP contribution >= 0.6 is 0 Å². The number of anilines is 1. The number of hydrogen-bond donors (Lipinski definition) is 2. The number of fused-ring (bicyclic) bond motifs is 1. The molecule has 3 aromatic rings. The lowest BCUT2D eigenvalue weighted by molar-refractivity contribution is 0.251. The van der Waals surface area contributed by atoms with Crippen LogP contribution in [0.2, 0.25) is 0 Å². The van der Waals surface area contributed by atoms with Crippen LogP contribution in [0.5, 0.6) is 0 Å². The van der Waals surface area contributed by atoms with Gasteiger partial charge >= 0.3 is 6.03 Å². The molecule has 1 fully saturated rings. The molecule has 114 valence electrons. The first-order chi connectivity index (χ1) is 11.3. The van der Waals surface area contributed by atoms with Gasteiger partial charge in [-0.1, -0.05) is 30.3 Å². The Hall–Kier alpha value is -2.95. The van der Waals surface area contributed by atoms with Crippen LogP contribution in [0.3, 0.4) is 0 Å². The van der Waals surface area contributed by atoms with Crippen molar-refractivity contribution in [2.45, 2.75) is 18.9 Å². The minimum atomic E-state index is -0.186. The first-order valence-electron chi connectivity index (χ1n) is 7.67. The predicted octanol–water partition coefficient (Wildman–Crippen LogP) is 3.58. The Morgan fingerprint density at radius 2 is 1.87 bits per heavy atom. The lowest BCUT2D eigenvalue weighted by Crippen LogP contribution is -2.30. The summed E-state index contributed by atoms with van der Waals surface area (Å²) in [7, 11) is 0. The highest BCUT2D eigenvalue weighted by Gasteiger charge is 2.23. The Balaban J connectivity index is 1.66. The van der Waals surface area contributed by atoms with Gasteiger partial charge in [-0.2, -0.15) is 0 Å². The number of carbonyl (C=O) groups excluding carboxylic acids is 1. The molecular weight excluding hydrogens is 288 g/mol. The molecule has 1 aliphatic rings. The number of hydrogen-bond acceptors (Lipinski definition) is 3. The summed E-state index contributed by atoms with van der Waals surface area (Å²) in [5.41, 5.74) is 4.22. The van der Waals surface area contributed by atoms with Crippen molar-refractivity contribution in [3.05, 3.63) is 54.9 Å². The van der Waals surface area contributed by atoms with Gasteiger partial charge in [0.25, 0.3) is 0 Å². The Morgan fingerprint density at radius 3 is 2.65 bits per heavy atom. The van der Waals surface area contributed by atoms with Crippen LogP contribution in [0.4, 0.5) is 10.5 Å². The predicted molar refractivity (Wildman–Crippen MR) is 90.2 cm³/mol. The zero-order valence-corrected chi connectivity index (χ0v) is 12.5. The van der Waals surface area contributed by atoms with Gasteiger partial charge < -0.3 is 10.6 Å². The highest BCUT2D eigenvalue weighted by atomic mass is 16.2. The maximum Gasteiger partial charge on any atom is 0.319 e. The Morgan fingerprint density at radius 1 is 1.04 bits per heavy atom. The lowest BCUT2D eigenvalue weighted by atomic mass is 10.1. The fourth-order valence-corrected chi connectivity index (χ4v) is 2.49. The smallest absolute Gasteiger partial charge is 0.319 e. The molecule has 0 bridgehead atoms. The third-order valence-corrected chi connectivity index (χ3v) is 3.85. The second-order valence-corrected chi connectivity index (χ2v) is 5.69. The van der Waals surface area contributed by atoms with Crippen molar-refractivity contribution in [2.24, 2.45) is 0 Å². The number of amides is 2. The van der Waals surface area contributed by atoms with Gasteiger partial charge in [-0.05, 0) is 30.5 Å². The highest BCUT2D eigenvalue weighted by Crippen LogP contribution is 2.25. The van der Waals surface area contributed by atoms with E-state index in [0.29, 0.717) is 17.2 Å². The number of aromatic nitrogens is 2. The molecule has 5 nitrogen and oxygen atoms in total. The normalized spacial score (nSPS) is 13.7. The second-order valence-electron chi connectivity index (χ2n) is 5.69. The zero-order chi connectivity index (χ0) is 15.6. The van der Waals surface area contributed by atoms with Crippen LogP contribution in [0, 0.1) is 0 Å². The van der Waals surface area contributed by atoms with Gasteiger partial charge in [0.05, 0.1) is 11.2 Å². The van der Waals surface area contributed by atoms with Crippen molar-refractivity contribution in [3.63, 3.8) is 0 Å². The Kier molecular flexibility index (Phi) is 3.38. The molecule has 2 amide bonds. The summed E-state index contributed by atoms with van der Waals surface area (Å²) in [6.45, 7) is 0. The molecule has 0 radical (unpaired) electrons. The number of urea groups is 1. The second kappa shape index (κ2) is 5.68. The van der Waals surface area contributed by atoms with Crippen LogP contribution in [0.15, 0.2) is 54.9 Å². The summed E-state index contributed by atoms with van der Waals surface area (Å²) in [6.07, 6.45) is 5.61. The number of carbonyl (C=O) groups is 1. The molecule has 0 saturated heterocycles. The number of nitrogens with zero attached hydrogens (tertiary/aromatic N) is 2. The summed E-state index contributed by atoms with van der Waals surface area (Å²) in [5, 5.41) is 5.77. The van der Waals surface area contributed by atoms with Gasteiger partial charge in [0, 0.05) is 24.0 Å². The van der Waals surface area contributed by atoms with Crippen molar-refractivity contribution in [1.29, 1.82) is 0 Å². The molecule has 2 heterocycles. The molecule has 2 aromatic heterocycles. The lowest BCUT2D eigenvalue weighted by Gasteiger charge is -2.09. The number of nitrogens with one attached hydrogen (secondary N) is 2. The van der Waals surface area contributed by atoms with E-state index in [1.165, 1.54) is 0 Å². The van der Waals surface area contributed by atoms with Gasteiger partial charge in [0.15, 0.2) is 0 Å². The SMILES string of the molecule is O=C(Nc1ccnc2cc(-c3ccccc3)cnc12)NC1CC1. The van der Waals surface area contributed by atoms with E-state index in [9.17, 15) is 4.79 Å². The number of rotatable bonds is 3. The van der Waals surface area contributed by atoms with E-state index < -0.39 is 0 Å². The van der Waals surface area contributed by atoms with Crippen molar-refractivity contribution < 1.29 is 4.79 Å². The van der Waals surface area contributed by atoms with Crippen LogP contribution in [0.25, 0.3) is 22.2 Å². The molecule has 4 rings (SSSR count). The van der Waals surface area contributed by atoms with Crippen molar-refractivity contribution >= 4 is 22.8 Å². The third-order valence-electron chi connectivity index (χ3n) is 3.85. The first-order valence-corrected chi connectivity index (χ1v) is 7.67. The topological polar surface area (TPSA) is 66.9 Å². The minimum Gasteiger partial charge on any atom is -0.335 e. The van der Waals surface area contributed by atoms with E-state index >= 15 is 0 Å². The summed E-state index contributed by atoms with van der Waals surface area (Å²) >= 11 is 0. The quantitative estimate of drug-likeness (QED) is 0.777. The fraction of sp³-hybridized carbons (Fsp3) is 0.167. The number of pyridine rings is 2. The van der Waals surface area contributed by atoms with Gasteiger partial charge in [-0.15, -0.1) is 0 Å². The van der Waals surface area contributed by atoms with Crippen LogP contribution in [-0.4, -0.2) is 22.0 Å². The molecule has 5 heteroatoms. The molecule has 1 aromatic carbocycles. The molecule has 2 N–H and O–H groups in total. The molecule has 23 heavy (non-hydrogen) atoms. The molecule has 0 unspecified atom stereocenters. The van der Waals surface area contributed by atoms with Crippen LogP contribution in [-0.2, 0) is 0 Å². The average Bonchev–Trinajstić information content (AvgIpc) is 3.39. The average molecular weight is 304 g/mol. The molecular formula is C18H16N4O.